The molecule has 0 saturated carbocycles. The predicted molar refractivity (Wildman–Crippen MR) is 122 cm³/mol. The third kappa shape index (κ3) is 4.14. The lowest BCUT2D eigenvalue weighted by molar-refractivity contribution is -0.0377. The highest BCUT2D eigenvalue weighted by Crippen LogP contribution is 2.41. The van der Waals surface area contributed by atoms with Gasteiger partial charge in [0.1, 0.15) is 11.9 Å². The van der Waals surface area contributed by atoms with Gasteiger partial charge in [-0.25, -0.2) is 0 Å². The molecular weight excluding hydrogens is 370 g/mol. The molecular formula is C27H31NO2. The van der Waals surface area contributed by atoms with E-state index in [-0.39, 0.29) is 17.6 Å². The van der Waals surface area contributed by atoms with Crippen LogP contribution in [0.5, 0.6) is 5.75 Å². The first-order valence-corrected chi connectivity index (χ1v) is 10.9. The van der Waals surface area contributed by atoms with Gasteiger partial charge in [0.2, 0.25) is 0 Å². The molecule has 1 fully saturated rings. The second-order valence-electron chi connectivity index (χ2n) is 8.05. The predicted octanol–water partition coefficient (Wildman–Crippen LogP) is 5.51. The van der Waals surface area contributed by atoms with Crippen molar-refractivity contribution in [2.75, 3.05) is 20.2 Å². The van der Waals surface area contributed by atoms with Gasteiger partial charge >= 0.3 is 0 Å². The molecule has 2 unspecified atom stereocenters. The minimum Gasteiger partial charge on any atom is -0.497 e. The number of nitrogens with one attached hydrogen (secondary N) is 1. The molecule has 3 heteroatoms. The smallest absolute Gasteiger partial charge is 0.119 e. The van der Waals surface area contributed by atoms with Crippen molar-refractivity contribution < 1.29 is 9.47 Å². The molecule has 30 heavy (non-hydrogen) atoms. The molecule has 3 nitrogen and oxygen atoms in total. The maximum absolute atomic E-state index is 7.01. The van der Waals surface area contributed by atoms with Crippen molar-refractivity contribution in [1.29, 1.82) is 0 Å². The lowest BCUT2D eigenvalue weighted by Crippen LogP contribution is -2.43. The number of rotatable bonds is 8. The molecule has 0 spiro atoms. The van der Waals surface area contributed by atoms with E-state index in [0.717, 1.165) is 31.7 Å². The second-order valence-corrected chi connectivity index (χ2v) is 8.05. The molecule has 1 heterocycles. The maximum Gasteiger partial charge on any atom is 0.119 e. The Kier molecular flexibility index (Phi) is 6.51. The Hall–Kier alpha value is -2.62. The van der Waals surface area contributed by atoms with Crippen molar-refractivity contribution in [1.82, 2.24) is 5.32 Å². The van der Waals surface area contributed by atoms with Gasteiger partial charge in [-0.3, -0.25) is 0 Å². The highest BCUT2D eigenvalue weighted by molar-refractivity contribution is 5.37. The van der Waals surface area contributed by atoms with Gasteiger partial charge in [0, 0.05) is 12.0 Å². The lowest BCUT2D eigenvalue weighted by Gasteiger charge is -2.39. The Bertz CT molecular complexity index is 880. The fourth-order valence-corrected chi connectivity index (χ4v) is 4.74. The van der Waals surface area contributed by atoms with Gasteiger partial charge in [-0.15, -0.1) is 0 Å². The Balaban J connectivity index is 1.73. The Morgan fingerprint density at radius 2 is 1.57 bits per heavy atom. The third-order valence-electron chi connectivity index (χ3n) is 6.33. The van der Waals surface area contributed by atoms with Crippen molar-refractivity contribution in [2.24, 2.45) is 0 Å². The zero-order valence-electron chi connectivity index (χ0n) is 17.9. The van der Waals surface area contributed by atoms with E-state index in [1.807, 2.05) is 6.07 Å². The van der Waals surface area contributed by atoms with Crippen molar-refractivity contribution in [3.8, 4) is 5.75 Å². The zero-order valence-corrected chi connectivity index (χ0v) is 17.9. The summed E-state index contributed by atoms with van der Waals surface area (Å²) in [5, 5.41) is 3.60. The van der Waals surface area contributed by atoms with Crippen LogP contribution in [-0.2, 0) is 10.2 Å². The van der Waals surface area contributed by atoms with E-state index in [0.29, 0.717) is 0 Å². The van der Waals surface area contributed by atoms with E-state index < -0.39 is 0 Å². The lowest BCUT2D eigenvalue weighted by atomic mass is 9.73. The van der Waals surface area contributed by atoms with Crippen LogP contribution >= 0.6 is 0 Å². The number of hydrogen-bond acceptors (Lipinski definition) is 3. The SMILES string of the molecule is CCC(OC(c1ccccc1)c1ccccc1)C1(c2cccc(OC)c2)CCNC1. The quantitative estimate of drug-likeness (QED) is 0.540. The van der Waals surface area contributed by atoms with Crippen LogP contribution in [0.4, 0.5) is 0 Å². The number of benzene rings is 3. The first kappa shape index (κ1) is 20.6. The monoisotopic (exact) mass is 401 g/mol. The second kappa shape index (κ2) is 9.46. The van der Waals surface area contributed by atoms with Gasteiger partial charge in [-0.05, 0) is 48.2 Å². The Morgan fingerprint density at radius 1 is 0.900 bits per heavy atom. The first-order valence-electron chi connectivity index (χ1n) is 10.9. The summed E-state index contributed by atoms with van der Waals surface area (Å²) < 4.78 is 12.5. The van der Waals surface area contributed by atoms with E-state index in [1.165, 1.54) is 16.7 Å². The molecule has 3 aromatic carbocycles. The highest BCUT2D eigenvalue weighted by Gasteiger charge is 2.44. The molecule has 2 atom stereocenters. The first-order chi connectivity index (χ1) is 14.8. The van der Waals surface area contributed by atoms with Crippen molar-refractivity contribution >= 4 is 0 Å². The molecule has 0 aliphatic carbocycles. The van der Waals surface area contributed by atoms with Gasteiger partial charge < -0.3 is 14.8 Å². The summed E-state index contributed by atoms with van der Waals surface area (Å²) in [6.45, 7) is 4.14. The number of hydrogen-bond donors (Lipinski definition) is 1. The van der Waals surface area contributed by atoms with Crippen LogP contribution in [0.25, 0.3) is 0 Å². The topological polar surface area (TPSA) is 30.5 Å². The molecule has 1 aliphatic heterocycles. The van der Waals surface area contributed by atoms with Crippen LogP contribution in [0.3, 0.4) is 0 Å². The molecule has 0 aromatic heterocycles. The van der Waals surface area contributed by atoms with Gasteiger partial charge in [0.05, 0.1) is 13.2 Å². The molecule has 3 aromatic rings. The summed E-state index contributed by atoms with van der Waals surface area (Å²) in [7, 11) is 1.73. The number of methoxy groups -OCH3 is 1. The van der Waals surface area contributed by atoms with Crippen LogP contribution in [0.15, 0.2) is 84.9 Å². The zero-order chi connectivity index (χ0) is 20.8. The minimum atomic E-state index is -0.0968. The molecule has 156 valence electrons. The summed E-state index contributed by atoms with van der Waals surface area (Å²) >= 11 is 0. The molecule has 4 rings (SSSR count). The van der Waals surface area contributed by atoms with E-state index in [2.05, 4.69) is 91.1 Å². The Labute approximate surface area is 180 Å². The maximum atomic E-state index is 7.01. The fourth-order valence-electron chi connectivity index (χ4n) is 4.74. The van der Waals surface area contributed by atoms with Gasteiger partial charge in [-0.2, -0.15) is 0 Å². The largest absolute Gasteiger partial charge is 0.497 e. The van der Waals surface area contributed by atoms with Crippen LogP contribution in [0, 0.1) is 0 Å². The fraction of sp³-hybridized carbons (Fsp3) is 0.333. The van der Waals surface area contributed by atoms with Gasteiger partial charge in [-0.1, -0.05) is 79.7 Å². The third-order valence-corrected chi connectivity index (χ3v) is 6.33. The number of ether oxygens (including phenoxy) is 2. The van der Waals surface area contributed by atoms with Crippen molar-refractivity contribution in [3.05, 3.63) is 102 Å². The summed E-state index contributed by atoms with van der Waals surface area (Å²) in [6.07, 6.45) is 1.97. The molecule has 0 bridgehead atoms. The highest BCUT2D eigenvalue weighted by atomic mass is 16.5. The average Bonchev–Trinajstić information content (AvgIpc) is 3.32. The summed E-state index contributed by atoms with van der Waals surface area (Å²) in [5.41, 5.74) is 3.59. The van der Waals surface area contributed by atoms with Gasteiger partial charge in [0.15, 0.2) is 0 Å². The van der Waals surface area contributed by atoms with Crippen LogP contribution in [0.2, 0.25) is 0 Å². The van der Waals surface area contributed by atoms with Crippen molar-refractivity contribution in [3.63, 3.8) is 0 Å². The minimum absolute atomic E-state index is 0.0741. The van der Waals surface area contributed by atoms with Crippen LogP contribution < -0.4 is 10.1 Å². The van der Waals surface area contributed by atoms with Crippen LogP contribution in [-0.4, -0.2) is 26.3 Å². The summed E-state index contributed by atoms with van der Waals surface area (Å²) in [4.78, 5) is 0. The Morgan fingerprint density at radius 3 is 2.10 bits per heavy atom. The van der Waals surface area contributed by atoms with E-state index >= 15 is 0 Å². The standard InChI is InChI=1S/C27H31NO2/c1-3-25(27(17-18-28-20-27)23-15-10-16-24(19-23)29-2)30-26(21-11-6-4-7-12-21)22-13-8-5-9-14-22/h4-16,19,25-26,28H,3,17-18,20H2,1-2H3. The molecule has 0 amide bonds. The molecule has 1 N–H and O–H groups in total. The normalized spacial score (nSPS) is 19.7. The van der Waals surface area contributed by atoms with Crippen LogP contribution in [0.1, 0.15) is 42.6 Å². The summed E-state index contributed by atoms with van der Waals surface area (Å²) in [5.74, 6) is 0.899. The molecule has 1 aliphatic rings. The van der Waals surface area contributed by atoms with E-state index in [9.17, 15) is 0 Å². The van der Waals surface area contributed by atoms with E-state index in [4.69, 9.17) is 9.47 Å². The van der Waals surface area contributed by atoms with E-state index in [1.54, 1.807) is 7.11 Å². The van der Waals surface area contributed by atoms with Gasteiger partial charge in [0.25, 0.3) is 0 Å². The molecule has 1 saturated heterocycles. The molecule has 0 radical (unpaired) electrons. The van der Waals surface area contributed by atoms with Crippen molar-refractivity contribution in [2.45, 2.75) is 37.4 Å². The summed E-state index contributed by atoms with van der Waals surface area (Å²) in [6, 6.07) is 29.6. The average molecular weight is 402 g/mol.